The first kappa shape index (κ1) is 27.2. The average molecular weight is 563 g/mol. The molecular formula is C23H40FIN6O. The van der Waals surface area contributed by atoms with Gasteiger partial charge in [-0.15, -0.1) is 24.0 Å². The van der Waals surface area contributed by atoms with Crippen LogP contribution >= 0.6 is 24.0 Å². The van der Waals surface area contributed by atoms with Gasteiger partial charge >= 0.3 is 0 Å². The number of likely N-dealkylation sites (N-methyl/N-ethyl adjacent to an activating group) is 1. The molecule has 2 unspecified atom stereocenters. The Labute approximate surface area is 209 Å². The Kier molecular flexibility index (Phi) is 12.2. The number of guanidine groups is 1. The number of morpholine rings is 1. The van der Waals surface area contributed by atoms with Crippen molar-refractivity contribution in [2.75, 3.05) is 86.2 Å². The zero-order chi connectivity index (χ0) is 22.1. The number of hydrogen-bond donors (Lipinski definition) is 2. The van der Waals surface area contributed by atoms with Crippen molar-refractivity contribution in [2.24, 2.45) is 10.9 Å². The number of ether oxygens (including phenoxy) is 1. The van der Waals surface area contributed by atoms with Gasteiger partial charge in [-0.3, -0.25) is 9.89 Å². The van der Waals surface area contributed by atoms with Crippen molar-refractivity contribution in [3.05, 3.63) is 35.6 Å². The molecule has 2 aliphatic rings. The van der Waals surface area contributed by atoms with Gasteiger partial charge in [0.05, 0.1) is 19.3 Å². The number of piperazine rings is 1. The maximum Gasteiger partial charge on any atom is 0.191 e. The first-order chi connectivity index (χ1) is 15.0. The van der Waals surface area contributed by atoms with E-state index < -0.39 is 0 Å². The molecule has 0 spiro atoms. The number of rotatable bonds is 8. The lowest BCUT2D eigenvalue weighted by atomic mass is 10.0. The van der Waals surface area contributed by atoms with Crippen molar-refractivity contribution in [3.8, 4) is 0 Å². The van der Waals surface area contributed by atoms with E-state index in [9.17, 15) is 4.39 Å². The highest BCUT2D eigenvalue weighted by molar-refractivity contribution is 14.0. The van der Waals surface area contributed by atoms with Crippen molar-refractivity contribution in [1.82, 2.24) is 25.3 Å². The molecule has 1 aromatic carbocycles. The van der Waals surface area contributed by atoms with Crippen LogP contribution in [0.5, 0.6) is 0 Å². The molecule has 182 valence electrons. The second-order valence-electron chi connectivity index (χ2n) is 8.76. The van der Waals surface area contributed by atoms with Crippen molar-refractivity contribution < 1.29 is 9.13 Å². The molecule has 2 aliphatic heterocycles. The van der Waals surface area contributed by atoms with Crippen LogP contribution in [0.3, 0.4) is 0 Å². The highest BCUT2D eigenvalue weighted by Gasteiger charge is 2.23. The third kappa shape index (κ3) is 8.74. The van der Waals surface area contributed by atoms with Crippen LogP contribution < -0.4 is 10.6 Å². The summed E-state index contributed by atoms with van der Waals surface area (Å²) in [4.78, 5) is 11.7. The summed E-state index contributed by atoms with van der Waals surface area (Å²) >= 11 is 0. The molecule has 0 bridgehead atoms. The number of benzene rings is 1. The molecule has 0 aliphatic carbocycles. The van der Waals surface area contributed by atoms with Crippen LogP contribution in [0.2, 0.25) is 0 Å². The quantitative estimate of drug-likeness (QED) is 0.287. The normalized spacial score (nSPS) is 20.9. The van der Waals surface area contributed by atoms with Gasteiger partial charge in [0.1, 0.15) is 5.82 Å². The molecule has 0 saturated carbocycles. The minimum absolute atomic E-state index is 0. The van der Waals surface area contributed by atoms with E-state index in [2.05, 4.69) is 44.3 Å². The SMILES string of the molecule is CN=C(NCC(C)CN1CCN(C)CC1)NCC(c1ccc(F)cc1)N1CCOCC1.I. The molecule has 2 atom stereocenters. The van der Waals surface area contributed by atoms with E-state index in [-0.39, 0.29) is 35.8 Å². The van der Waals surface area contributed by atoms with E-state index in [1.807, 2.05) is 19.2 Å². The van der Waals surface area contributed by atoms with Gasteiger partial charge in [0.15, 0.2) is 5.96 Å². The van der Waals surface area contributed by atoms with Crippen LogP contribution in [0.4, 0.5) is 4.39 Å². The fourth-order valence-electron chi connectivity index (χ4n) is 4.25. The minimum atomic E-state index is -0.204. The van der Waals surface area contributed by atoms with E-state index in [1.54, 1.807) is 0 Å². The van der Waals surface area contributed by atoms with E-state index in [0.29, 0.717) is 12.5 Å². The third-order valence-electron chi connectivity index (χ3n) is 6.21. The molecule has 3 rings (SSSR count). The summed E-state index contributed by atoms with van der Waals surface area (Å²) in [5, 5.41) is 6.97. The Balaban J connectivity index is 0.00000363. The molecule has 7 nitrogen and oxygen atoms in total. The molecular weight excluding hydrogens is 522 g/mol. The highest BCUT2D eigenvalue weighted by atomic mass is 127. The first-order valence-electron chi connectivity index (χ1n) is 11.5. The molecule has 2 saturated heterocycles. The van der Waals surface area contributed by atoms with Crippen LogP contribution in [0.15, 0.2) is 29.3 Å². The number of aliphatic imine (C=N–C) groups is 1. The zero-order valence-corrected chi connectivity index (χ0v) is 22.1. The summed E-state index contributed by atoms with van der Waals surface area (Å²) in [5.74, 6) is 1.14. The second-order valence-corrected chi connectivity index (χ2v) is 8.76. The Morgan fingerprint density at radius 3 is 2.28 bits per heavy atom. The topological polar surface area (TPSA) is 55.4 Å². The fourth-order valence-corrected chi connectivity index (χ4v) is 4.25. The summed E-state index contributed by atoms with van der Waals surface area (Å²) in [6.45, 7) is 12.8. The largest absolute Gasteiger partial charge is 0.379 e. The van der Waals surface area contributed by atoms with Gasteiger partial charge in [-0.2, -0.15) is 0 Å². The smallest absolute Gasteiger partial charge is 0.191 e. The van der Waals surface area contributed by atoms with Crippen LogP contribution in [0, 0.1) is 11.7 Å². The fraction of sp³-hybridized carbons (Fsp3) is 0.696. The Morgan fingerprint density at radius 1 is 1.03 bits per heavy atom. The predicted octanol–water partition coefficient (Wildman–Crippen LogP) is 1.87. The first-order valence-corrected chi connectivity index (χ1v) is 11.5. The van der Waals surface area contributed by atoms with Crippen molar-refractivity contribution in [3.63, 3.8) is 0 Å². The van der Waals surface area contributed by atoms with Crippen LogP contribution in [0.25, 0.3) is 0 Å². The molecule has 0 aromatic heterocycles. The van der Waals surface area contributed by atoms with Gasteiger partial charge in [0.25, 0.3) is 0 Å². The van der Waals surface area contributed by atoms with Gasteiger partial charge in [-0.25, -0.2) is 4.39 Å². The number of halogens is 2. The van der Waals surface area contributed by atoms with Crippen LogP contribution in [-0.4, -0.2) is 107 Å². The molecule has 1 aromatic rings. The molecule has 0 amide bonds. The van der Waals surface area contributed by atoms with E-state index in [0.717, 1.165) is 77.1 Å². The summed E-state index contributed by atoms with van der Waals surface area (Å²) in [5.41, 5.74) is 1.11. The average Bonchev–Trinajstić information content (AvgIpc) is 2.79. The summed E-state index contributed by atoms with van der Waals surface area (Å²) in [7, 11) is 4.00. The summed E-state index contributed by atoms with van der Waals surface area (Å²) < 4.78 is 19.0. The second kappa shape index (κ2) is 14.3. The maximum atomic E-state index is 13.4. The molecule has 2 heterocycles. The number of nitrogens with zero attached hydrogens (tertiary/aromatic N) is 4. The van der Waals surface area contributed by atoms with Crippen LogP contribution in [-0.2, 0) is 4.74 Å². The van der Waals surface area contributed by atoms with Gasteiger partial charge in [0, 0.05) is 66.0 Å². The Morgan fingerprint density at radius 2 is 1.66 bits per heavy atom. The molecule has 2 N–H and O–H groups in total. The highest BCUT2D eigenvalue weighted by Crippen LogP contribution is 2.21. The monoisotopic (exact) mass is 562 g/mol. The number of hydrogen-bond acceptors (Lipinski definition) is 5. The lowest BCUT2D eigenvalue weighted by Gasteiger charge is -2.35. The summed E-state index contributed by atoms with van der Waals surface area (Å²) in [6.07, 6.45) is 0. The summed E-state index contributed by atoms with van der Waals surface area (Å²) in [6, 6.07) is 6.98. The van der Waals surface area contributed by atoms with E-state index in [1.165, 1.54) is 12.1 Å². The Hall–Kier alpha value is -1.01. The standard InChI is InChI=1S/C23H39FN6O.HI/c1-19(18-29-10-8-28(3)9-11-29)16-26-23(25-2)27-17-22(30-12-14-31-15-13-30)20-4-6-21(24)7-5-20;/h4-7,19,22H,8-18H2,1-3H3,(H2,25,26,27);1H. The van der Waals surface area contributed by atoms with Gasteiger partial charge in [-0.1, -0.05) is 19.1 Å². The van der Waals surface area contributed by atoms with Crippen molar-refractivity contribution in [1.29, 1.82) is 0 Å². The van der Waals surface area contributed by atoms with Crippen molar-refractivity contribution >= 4 is 29.9 Å². The number of nitrogens with one attached hydrogen (secondary N) is 2. The van der Waals surface area contributed by atoms with E-state index >= 15 is 0 Å². The molecule has 9 heteroatoms. The van der Waals surface area contributed by atoms with E-state index in [4.69, 9.17) is 4.74 Å². The third-order valence-corrected chi connectivity index (χ3v) is 6.21. The molecule has 32 heavy (non-hydrogen) atoms. The Bertz CT molecular complexity index is 678. The molecule has 2 fully saturated rings. The van der Waals surface area contributed by atoms with Gasteiger partial charge < -0.3 is 25.2 Å². The molecule has 0 radical (unpaired) electrons. The maximum absolute atomic E-state index is 13.4. The van der Waals surface area contributed by atoms with Gasteiger partial charge in [0.2, 0.25) is 0 Å². The van der Waals surface area contributed by atoms with Gasteiger partial charge in [-0.05, 0) is 30.7 Å². The lowest BCUT2D eigenvalue weighted by molar-refractivity contribution is 0.0170. The minimum Gasteiger partial charge on any atom is -0.379 e. The zero-order valence-electron chi connectivity index (χ0n) is 19.7. The predicted molar refractivity (Wildman–Crippen MR) is 139 cm³/mol. The van der Waals surface area contributed by atoms with Crippen molar-refractivity contribution in [2.45, 2.75) is 13.0 Å². The van der Waals surface area contributed by atoms with Crippen LogP contribution in [0.1, 0.15) is 18.5 Å². The lowest BCUT2D eigenvalue weighted by Crippen LogP contribution is -2.48.